The van der Waals surface area contributed by atoms with Crippen molar-refractivity contribution in [1.29, 1.82) is 0 Å². The van der Waals surface area contributed by atoms with Gasteiger partial charge in [0.1, 0.15) is 0 Å². The first-order valence-corrected chi connectivity index (χ1v) is 5.54. The van der Waals surface area contributed by atoms with Gasteiger partial charge in [-0.2, -0.15) is 0 Å². The fourth-order valence-corrected chi connectivity index (χ4v) is 1.86. The molecule has 0 aliphatic carbocycles. The van der Waals surface area contributed by atoms with Crippen LogP contribution in [0, 0.1) is 0 Å². The summed E-state index contributed by atoms with van der Waals surface area (Å²) in [6.45, 7) is 5.75. The molecule has 0 bridgehead atoms. The van der Waals surface area contributed by atoms with Crippen molar-refractivity contribution in [3.63, 3.8) is 0 Å². The van der Waals surface area contributed by atoms with Crippen LogP contribution in [0.4, 0.5) is 0 Å². The Kier molecular flexibility index (Phi) is 4.92. The Morgan fingerprint density at radius 3 is 2.62 bits per heavy atom. The van der Waals surface area contributed by atoms with E-state index in [2.05, 4.69) is 9.88 Å². The van der Waals surface area contributed by atoms with E-state index in [1.165, 1.54) is 0 Å². The number of carbonyl (C=O) groups is 1. The highest BCUT2D eigenvalue weighted by molar-refractivity contribution is 5.67. The Morgan fingerprint density at radius 2 is 2.19 bits per heavy atom. The highest BCUT2D eigenvalue weighted by atomic mass is 16.4. The fraction of sp³-hybridized carbons (Fsp3) is 0.500. The molecular formula is C12H18N2O2. The van der Waals surface area contributed by atoms with Gasteiger partial charge in [-0.25, -0.2) is 0 Å². The van der Waals surface area contributed by atoms with Crippen LogP contribution in [0.25, 0.3) is 0 Å². The molecule has 88 valence electrons. The van der Waals surface area contributed by atoms with Crippen molar-refractivity contribution >= 4 is 5.97 Å². The third-order valence-electron chi connectivity index (χ3n) is 2.69. The van der Waals surface area contributed by atoms with Gasteiger partial charge < -0.3 is 5.11 Å². The molecule has 1 aromatic rings. The van der Waals surface area contributed by atoms with Gasteiger partial charge in [0.15, 0.2) is 0 Å². The molecule has 1 heterocycles. The Hall–Kier alpha value is -1.42. The summed E-state index contributed by atoms with van der Waals surface area (Å²) in [5, 5.41) is 8.94. The molecule has 0 radical (unpaired) electrons. The third kappa shape index (κ3) is 3.31. The molecule has 1 N–H and O–H groups in total. The summed E-state index contributed by atoms with van der Waals surface area (Å²) in [7, 11) is 0. The maximum absolute atomic E-state index is 10.9. The summed E-state index contributed by atoms with van der Waals surface area (Å²) < 4.78 is 0. The minimum absolute atomic E-state index is 0.0822. The molecule has 1 atom stereocenters. The second-order valence-corrected chi connectivity index (χ2v) is 3.62. The van der Waals surface area contributed by atoms with E-state index in [1.807, 2.05) is 26.0 Å². The van der Waals surface area contributed by atoms with Crippen molar-refractivity contribution < 1.29 is 9.90 Å². The number of pyridine rings is 1. The summed E-state index contributed by atoms with van der Waals surface area (Å²) in [5.41, 5.74) is 0.966. The quantitative estimate of drug-likeness (QED) is 0.799. The zero-order valence-electron chi connectivity index (χ0n) is 9.76. The molecular weight excluding hydrogens is 204 g/mol. The second kappa shape index (κ2) is 6.23. The SMILES string of the molecule is CCN(CC)C(CC(=O)O)c1cccnc1. The highest BCUT2D eigenvalue weighted by Crippen LogP contribution is 2.23. The summed E-state index contributed by atoms with van der Waals surface area (Å²) in [4.78, 5) is 17.0. The van der Waals surface area contributed by atoms with Crippen molar-refractivity contribution in [3.05, 3.63) is 30.1 Å². The van der Waals surface area contributed by atoms with E-state index < -0.39 is 5.97 Å². The molecule has 4 nitrogen and oxygen atoms in total. The lowest BCUT2D eigenvalue weighted by Crippen LogP contribution is -2.30. The smallest absolute Gasteiger partial charge is 0.305 e. The van der Waals surface area contributed by atoms with Gasteiger partial charge >= 0.3 is 5.97 Å². The lowest BCUT2D eigenvalue weighted by molar-refractivity contribution is -0.138. The van der Waals surface area contributed by atoms with Crippen molar-refractivity contribution in [2.75, 3.05) is 13.1 Å². The van der Waals surface area contributed by atoms with Crippen LogP contribution in [0.3, 0.4) is 0 Å². The van der Waals surface area contributed by atoms with Crippen molar-refractivity contribution in [1.82, 2.24) is 9.88 Å². The molecule has 1 unspecified atom stereocenters. The largest absolute Gasteiger partial charge is 0.481 e. The number of nitrogens with zero attached hydrogens (tertiary/aromatic N) is 2. The molecule has 0 aliphatic heterocycles. The molecule has 0 saturated heterocycles. The van der Waals surface area contributed by atoms with E-state index in [9.17, 15) is 4.79 Å². The number of rotatable bonds is 6. The van der Waals surface area contributed by atoms with Gasteiger partial charge in [-0.1, -0.05) is 19.9 Å². The molecule has 0 fully saturated rings. The van der Waals surface area contributed by atoms with Crippen LogP contribution in [-0.2, 0) is 4.79 Å². The van der Waals surface area contributed by atoms with Gasteiger partial charge in [0.25, 0.3) is 0 Å². The van der Waals surface area contributed by atoms with Gasteiger partial charge in [0.05, 0.1) is 6.42 Å². The predicted molar refractivity (Wildman–Crippen MR) is 62.2 cm³/mol. The van der Waals surface area contributed by atoms with Crippen molar-refractivity contribution in [3.8, 4) is 0 Å². The lowest BCUT2D eigenvalue weighted by Gasteiger charge is -2.28. The van der Waals surface area contributed by atoms with Crippen LogP contribution in [-0.4, -0.2) is 34.0 Å². The standard InChI is InChI=1S/C12H18N2O2/c1-3-14(4-2)11(8-12(15)16)10-6-5-7-13-9-10/h5-7,9,11H,3-4,8H2,1-2H3,(H,15,16). The maximum atomic E-state index is 10.9. The first-order chi connectivity index (χ1) is 7.69. The van der Waals surface area contributed by atoms with Crippen LogP contribution in [0.5, 0.6) is 0 Å². The molecule has 1 aromatic heterocycles. The topological polar surface area (TPSA) is 53.4 Å². The van der Waals surface area contributed by atoms with E-state index in [1.54, 1.807) is 12.4 Å². The van der Waals surface area contributed by atoms with Crippen LogP contribution in [0.2, 0.25) is 0 Å². The van der Waals surface area contributed by atoms with E-state index >= 15 is 0 Å². The Balaban J connectivity index is 2.90. The van der Waals surface area contributed by atoms with Gasteiger partial charge in [0, 0.05) is 18.4 Å². The monoisotopic (exact) mass is 222 g/mol. The zero-order chi connectivity index (χ0) is 12.0. The van der Waals surface area contributed by atoms with Crippen LogP contribution in [0.15, 0.2) is 24.5 Å². The Morgan fingerprint density at radius 1 is 1.50 bits per heavy atom. The minimum Gasteiger partial charge on any atom is -0.481 e. The molecule has 0 aliphatic rings. The molecule has 0 spiro atoms. The van der Waals surface area contributed by atoms with Crippen LogP contribution < -0.4 is 0 Å². The third-order valence-corrected chi connectivity index (χ3v) is 2.69. The zero-order valence-corrected chi connectivity index (χ0v) is 9.76. The average molecular weight is 222 g/mol. The van der Waals surface area contributed by atoms with Crippen molar-refractivity contribution in [2.24, 2.45) is 0 Å². The number of carboxylic acid groups (broad SMARTS) is 1. The normalized spacial score (nSPS) is 12.7. The summed E-state index contributed by atoms with van der Waals surface area (Å²) in [6.07, 6.45) is 3.56. The minimum atomic E-state index is -0.777. The van der Waals surface area contributed by atoms with Crippen LogP contribution >= 0.6 is 0 Å². The average Bonchev–Trinajstić information content (AvgIpc) is 2.30. The van der Waals surface area contributed by atoms with Gasteiger partial charge in [-0.05, 0) is 24.7 Å². The van der Waals surface area contributed by atoms with Gasteiger partial charge in [0.2, 0.25) is 0 Å². The van der Waals surface area contributed by atoms with E-state index in [-0.39, 0.29) is 12.5 Å². The van der Waals surface area contributed by atoms with E-state index in [4.69, 9.17) is 5.11 Å². The first kappa shape index (κ1) is 12.6. The number of hydrogen-bond donors (Lipinski definition) is 1. The summed E-state index contributed by atoms with van der Waals surface area (Å²) in [5.74, 6) is -0.777. The molecule has 4 heteroatoms. The van der Waals surface area contributed by atoms with E-state index in [0.29, 0.717) is 0 Å². The van der Waals surface area contributed by atoms with E-state index in [0.717, 1.165) is 18.7 Å². The molecule has 0 amide bonds. The lowest BCUT2D eigenvalue weighted by atomic mass is 10.0. The van der Waals surface area contributed by atoms with Crippen molar-refractivity contribution in [2.45, 2.75) is 26.3 Å². The second-order valence-electron chi connectivity index (χ2n) is 3.62. The Labute approximate surface area is 95.9 Å². The molecule has 0 aromatic carbocycles. The highest BCUT2D eigenvalue weighted by Gasteiger charge is 2.20. The van der Waals surface area contributed by atoms with Gasteiger partial charge in [-0.3, -0.25) is 14.7 Å². The number of aromatic nitrogens is 1. The number of hydrogen-bond acceptors (Lipinski definition) is 3. The number of aliphatic carboxylic acids is 1. The van der Waals surface area contributed by atoms with Crippen LogP contribution in [0.1, 0.15) is 31.9 Å². The number of carboxylic acids is 1. The fourth-order valence-electron chi connectivity index (χ4n) is 1.86. The van der Waals surface area contributed by atoms with Gasteiger partial charge in [-0.15, -0.1) is 0 Å². The Bertz CT molecular complexity index is 323. The first-order valence-electron chi connectivity index (χ1n) is 5.54. The molecule has 1 rings (SSSR count). The maximum Gasteiger partial charge on any atom is 0.305 e. The molecule has 0 saturated carbocycles. The molecule has 16 heavy (non-hydrogen) atoms. The predicted octanol–water partition coefficient (Wildman–Crippen LogP) is 1.94. The summed E-state index contributed by atoms with van der Waals surface area (Å²) >= 11 is 0. The summed E-state index contributed by atoms with van der Waals surface area (Å²) in [6, 6.07) is 3.69.